The highest BCUT2D eigenvalue weighted by molar-refractivity contribution is 5.70. The van der Waals surface area contributed by atoms with Gasteiger partial charge in [0, 0.05) is 25.6 Å². The first kappa shape index (κ1) is 16.8. The number of rotatable bonds is 5. The second-order valence-electron chi connectivity index (χ2n) is 6.20. The van der Waals surface area contributed by atoms with Crippen molar-refractivity contribution in [2.45, 2.75) is 51.7 Å². The monoisotopic (exact) mass is 287 g/mol. The number of carboxylic acids is 1. The fourth-order valence-electron chi connectivity index (χ4n) is 2.57. The van der Waals surface area contributed by atoms with Crippen molar-refractivity contribution in [1.29, 1.82) is 0 Å². The summed E-state index contributed by atoms with van der Waals surface area (Å²) in [4.78, 5) is 24.8. The molecule has 1 rings (SSSR count). The van der Waals surface area contributed by atoms with E-state index in [9.17, 15) is 9.59 Å². The molecule has 6 heteroatoms. The normalized spacial score (nSPS) is 20.8. The van der Waals surface area contributed by atoms with Crippen LogP contribution in [0.15, 0.2) is 0 Å². The Morgan fingerprint density at radius 1 is 1.40 bits per heavy atom. The molecule has 1 amide bonds. The molecule has 0 aliphatic carbocycles. The molecular formula is C14H25NO5. The molecule has 0 bridgehead atoms. The van der Waals surface area contributed by atoms with Crippen LogP contribution in [-0.4, -0.2) is 54.0 Å². The number of carboxylic acid groups (broad SMARTS) is 1. The molecule has 1 N–H and O–H groups in total. The van der Waals surface area contributed by atoms with Crippen molar-refractivity contribution in [3.8, 4) is 0 Å². The molecule has 20 heavy (non-hydrogen) atoms. The summed E-state index contributed by atoms with van der Waals surface area (Å²) in [6.45, 7) is 6.40. The minimum Gasteiger partial charge on any atom is -0.481 e. The van der Waals surface area contributed by atoms with Crippen LogP contribution in [0.25, 0.3) is 0 Å². The van der Waals surface area contributed by atoms with Crippen LogP contribution in [0.5, 0.6) is 0 Å². The van der Waals surface area contributed by atoms with Gasteiger partial charge in [-0.25, -0.2) is 4.79 Å². The van der Waals surface area contributed by atoms with Crippen LogP contribution in [0.3, 0.4) is 0 Å². The molecule has 0 aromatic carbocycles. The maximum Gasteiger partial charge on any atom is 0.410 e. The Bertz CT molecular complexity index is 350. The SMILES string of the molecule is COC[C@H](CC(=O)O)[C@@H]1CCCN1C(=O)OC(C)(C)C. The summed E-state index contributed by atoms with van der Waals surface area (Å²) >= 11 is 0. The molecule has 0 saturated carbocycles. The highest BCUT2D eigenvalue weighted by atomic mass is 16.6. The van der Waals surface area contributed by atoms with Crippen LogP contribution in [0.2, 0.25) is 0 Å². The molecular weight excluding hydrogens is 262 g/mol. The lowest BCUT2D eigenvalue weighted by Crippen LogP contribution is -2.44. The molecule has 0 aromatic heterocycles. The topological polar surface area (TPSA) is 76.1 Å². The van der Waals surface area contributed by atoms with Gasteiger partial charge < -0.3 is 19.5 Å². The standard InChI is InChI=1S/C14H25NO5/c1-14(2,3)20-13(18)15-7-5-6-11(15)10(9-19-4)8-12(16)17/h10-11H,5-9H2,1-4H3,(H,16,17)/t10-,11-/m0/s1. The molecule has 0 radical (unpaired) electrons. The first-order valence-corrected chi connectivity index (χ1v) is 6.95. The van der Waals surface area contributed by atoms with E-state index in [1.165, 1.54) is 0 Å². The molecule has 1 aliphatic rings. The highest BCUT2D eigenvalue weighted by Gasteiger charge is 2.37. The van der Waals surface area contributed by atoms with E-state index in [0.29, 0.717) is 13.2 Å². The number of aliphatic carboxylic acids is 1. The largest absolute Gasteiger partial charge is 0.481 e. The van der Waals surface area contributed by atoms with Gasteiger partial charge >= 0.3 is 12.1 Å². The van der Waals surface area contributed by atoms with E-state index in [-0.39, 0.29) is 24.5 Å². The summed E-state index contributed by atoms with van der Waals surface area (Å²) in [5.41, 5.74) is -0.548. The van der Waals surface area contributed by atoms with Gasteiger partial charge in [0.25, 0.3) is 0 Å². The van der Waals surface area contributed by atoms with Crippen LogP contribution in [-0.2, 0) is 14.3 Å². The molecule has 0 aromatic rings. The Kier molecular flexibility index (Phi) is 5.80. The van der Waals surface area contributed by atoms with Gasteiger partial charge in [0.1, 0.15) is 5.60 Å². The molecule has 1 fully saturated rings. The van der Waals surface area contributed by atoms with Crippen molar-refractivity contribution >= 4 is 12.1 Å². The Morgan fingerprint density at radius 2 is 2.05 bits per heavy atom. The van der Waals surface area contributed by atoms with Crippen LogP contribution in [0.4, 0.5) is 4.79 Å². The average molecular weight is 287 g/mol. The van der Waals surface area contributed by atoms with Crippen LogP contribution in [0.1, 0.15) is 40.0 Å². The van der Waals surface area contributed by atoms with E-state index < -0.39 is 11.6 Å². The summed E-state index contributed by atoms with van der Waals surface area (Å²) in [5, 5.41) is 8.99. The summed E-state index contributed by atoms with van der Waals surface area (Å²) in [6.07, 6.45) is 1.29. The maximum absolute atomic E-state index is 12.2. The molecule has 2 atom stereocenters. The van der Waals surface area contributed by atoms with E-state index in [1.54, 1.807) is 12.0 Å². The molecule has 0 unspecified atom stereocenters. The third-order valence-corrected chi connectivity index (χ3v) is 3.29. The number of carbonyl (C=O) groups is 2. The maximum atomic E-state index is 12.2. The first-order chi connectivity index (χ1) is 9.24. The minimum absolute atomic E-state index is 0.00218. The van der Waals surface area contributed by atoms with Gasteiger partial charge in [-0.3, -0.25) is 4.79 Å². The second kappa shape index (κ2) is 6.92. The Hall–Kier alpha value is -1.30. The van der Waals surface area contributed by atoms with E-state index in [4.69, 9.17) is 14.6 Å². The Morgan fingerprint density at radius 3 is 2.55 bits per heavy atom. The molecule has 1 heterocycles. The third-order valence-electron chi connectivity index (χ3n) is 3.29. The van der Waals surface area contributed by atoms with Crippen molar-refractivity contribution in [2.24, 2.45) is 5.92 Å². The molecule has 116 valence electrons. The van der Waals surface area contributed by atoms with Crippen molar-refractivity contribution < 1.29 is 24.2 Å². The molecule has 1 saturated heterocycles. The van der Waals surface area contributed by atoms with Crippen molar-refractivity contribution in [2.75, 3.05) is 20.3 Å². The predicted octanol–water partition coefficient (Wildman–Crippen LogP) is 2.12. The third kappa shape index (κ3) is 5.00. The minimum atomic E-state index is -0.872. The number of amides is 1. The van der Waals surface area contributed by atoms with Crippen molar-refractivity contribution in [3.63, 3.8) is 0 Å². The molecule has 1 aliphatic heterocycles. The van der Waals surface area contributed by atoms with Gasteiger partial charge in [-0.1, -0.05) is 0 Å². The number of ether oxygens (including phenoxy) is 2. The Balaban J connectivity index is 2.75. The molecule has 6 nitrogen and oxygen atoms in total. The van der Waals surface area contributed by atoms with E-state index in [1.807, 2.05) is 20.8 Å². The van der Waals surface area contributed by atoms with Gasteiger partial charge in [-0.15, -0.1) is 0 Å². The first-order valence-electron chi connectivity index (χ1n) is 6.95. The lowest BCUT2D eigenvalue weighted by atomic mass is 9.95. The zero-order chi connectivity index (χ0) is 15.3. The zero-order valence-electron chi connectivity index (χ0n) is 12.7. The summed E-state index contributed by atoms with van der Waals surface area (Å²) in [5.74, 6) is -1.07. The highest BCUT2D eigenvalue weighted by Crippen LogP contribution is 2.28. The fraction of sp³-hybridized carbons (Fsp3) is 0.857. The number of nitrogens with zero attached hydrogens (tertiary/aromatic N) is 1. The van der Waals surface area contributed by atoms with Crippen LogP contribution < -0.4 is 0 Å². The van der Waals surface area contributed by atoms with Gasteiger partial charge in [0.2, 0.25) is 0 Å². The number of carbonyl (C=O) groups excluding carboxylic acids is 1. The summed E-state index contributed by atoms with van der Waals surface area (Å²) < 4.78 is 10.5. The number of hydrogen-bond acceptors (Lipinski definition) is 4. The van der Waals surface area contributed by atoms with E-state index >= 15 is 0 Å². The van der Waals surface area contributed by atoms with Gasteiger partial charge in [0.05, 0.1) is 13.0 Å². The smallest absolute Gasteiger partial charge is 0.410 e. The van der Waals surface area contributed by atoms with Crippen molar-refractivity contribution in [1.82, 2.24) is 4.90 Å². The van der Waals surface area contributed by atoms with Gasteiger partial charge in [-0.2, -0.15) is 0 Å². The van der Waals surface area contributed by atoms with Crippen LogP contribution in [0, 0.1) is 5.92 Å². The zero-order valence-corrected chi connectivity index (χ0v) is 12.7. The number of methoxy groups -OCH3 is 1. The predicted molar refractivity (Wildman–Crippen MR) is 73.6 cm³/mol. The average Bonchev–Trinajstić information content (AvgIpc) is 2.74. The summed E-state index contributed by atoms with van der Waals surface area (Å²) in [6, 6.07) is -0.124. The lowest BCUT2D eigenvalue weighted by molar-refractivity contribution is -0.139. The van der Waals surface area contributed by atoms with Crippen LogP contribution >= 0.6 is 0 Å². The number of likely N-dealkylation sites (tertiary alicyclic amines) is 1. The molecule has 0 spiro atoms. The lowest BCUT2D eigenvalue weighted by Gasteiger charge is -2.32. The number of hydrogen-bond donors (Lipinski definition) is 1. The summed E-state index contributed by atoms with van der Waals surface area (Å²) in [7, 11) is 1.54. The second-order valence-corrected chi connectivity index (χ2v) is 6.20. The Labute approximate surface area is 120 Å². The van der Waals surface area contributed by atoms with Gasteiger partial charge in [0.15, 0.2) is 0 Å². The van der Waals surface area contributed by atoms with E-state index in [2.05, 4.69) is 0 Å². The quantitative estimate of drug-likeness (QED) is 0.838. The fourth-order valence-corrected chi connectivity index (χ4v) is 2.57. The van der Waals surface area contributed by atoms with Crippen molar-refractivity contribution in [3.05, 3.63) is 0 Å². The van der Waals surface area contributed by atoms with Gasteiger partial charge in [-0.05, 0) is 33.6 Å². The van der Waals surface area contributed by atoms with E-state index in [0.717, 1.165) is 12.8 Å².